The Labute approximate surface area is 118 Å². The minimum Gasteiger partial charge on any atom is -0.327 e. The van der Waals surface area contributed by atoms with Crippen molar-refractivity contribution in [2.45, 2.75) is 37.1 Å². The van der Waals surface area contributed by atoms with Gasteiger partial charge in [0.05, 0.1) is 10.3 Å². The van der Waals surface area contributed by atoms with Gasteiger partial charge in [0.15, 0.2) is 0 Å². The molecule has 0 aromatic heterocycles. The lowest BCUT2D eigenvalue weighted by Gasteiger charge is -2.27. The third-order valence-electron chi connectivity index (χ3n) is 3.99. The number of carbonyl (C=O) groups is 1. The fourth-order valence-electron chi connectivity index (χ4n) is 2.48. The summed E-state index contributed by atoms with van der Waals surface area (Å²) in [5.41, 5.74) is 5.95. The lowest BCUT2D eigenvalue weighted by atomic mass is 9.84. The molecule has 2 atom stereocenters. The first-order valence-electron chi connectivity index (χ1n) is 6.43. The Hall–Kier alpha value is -1.44. The number of amides is 1. The molecule has 0 radical (unpaired) electrons. The number of hydrogen-bond donors (Lipinski definition) is 3. The summed E-state index contributed by atoms with van der Waals surface area (Å²) in [6.45, 7) is 1.86. The summed E-state index contributed by atoms with van der Waals surface area (Å²) in [5.74, 6) is -0.133. The third kappa shape index (κ3) is 2.84. The normalized spacial score (nSPS) is 26.4. The van der Waals surface area contributed by atoms with Gasteiger partial charge in [0.1, 0.15) is 0 Å². The van der Waals surface area contributed by atoms with Crippen LogP contribution in [0, 0.1) is 5.41 Å². The molecule has 20 heavy (non-hydrogen) atoms. The van der Waals surface area contributed by atoms with Crippen molar-refractivity contribution < 1.29 is 13.2 Å². The number of anilines is 1. The van der Waals surface area contributed by atoms with Crippen molar-refractivity contribution in [3.63, 3.8) is 0 Å². The van der Waals surface area contributed by atoms with E-state index in [1.54, 1.807) is 0 Å². The Balaban J connectivity index is 2.13. The predicted octanol–water partition coefficient (Wildman–Crippen LogP) is 0.790. The fourth-order valence-corrected chi connectivity index (χ4v) is 2.99. The van der Waals surface area contributed by atoms with Crippen LogP contribution in [0.4, 0.5) is 5.69 Å². The molecule has 2 unspecified atom stereocenters. The van der Waals surface area contributed by atoms with E-state index in [9.17, 15) is 13.2 Å². The van der Waals surface area contributed by atoms with Gasteiger partial charge in [-0.2, -0.15) is 0 Å². The Morgan fingerprint density at radius 3 is 2.40 bits per heavy atom. The second-order valence-corrected chi connectivity index (χ2v) is 7.00. The third-order valence-corrected chi connectivity index (χ3v) is 4.92. The van der Waals surface area contributed by atoms with E-state index < -0.39 is 15.4 Å². The molecule has 2 rings (SSSR count). The second-order valence-electron chi connectivity index (χ2n) is 5.44. The van der Waals surface area contributed by atoms with Crippen LogP contribution in [-0.2, 0) is 14.8 Å². The Kier molecular flexibility index (Phi) is 3.86. The molecule has 1 aliphatic carbocycles. The first-order valence-corrected chi connectivity index (χ1v) is 7.98. The van der Waals surface area contributed by atoms with Crippen LogP contribution < -0.4 is 16.2 Å². The van der Waals surface area contributed by atoms with E-state index in [4.69, 9.17) is 10.9 Å². The first kappa shape index (κ1) is 15.0. The van der Waals surface area contributed by atoms with Gasteiger partial charge in [-0.05, 0) is 44.0 Å². The van der Waals surface area contributed by atoms with Crippen LogP contribution in [0.2, 0.25) is 0 Å². The lowest BCUT2D eigenvalue weighted by Crippen LogP contribution is -2.44. The van der Waals surface area contributed by atoms with Gasteiger partial charge in [-0.15, -0.1) is 0 Å². The van der Waals surface area contributed by atoms with Crippen molar-refractivity contribution >= 4 is 21.6 Å². The average molecular weight is 297 g/mol. The van der Waals surface area contributed by atoms with E-state index in [1.807, 2.05) is 6.92 Å². The van der Waals surface area contributed by atoms with E-state index in [1.165, 1.54) is 24.3 Å². The Morgan fingerprint density at radius 1 is 1.35 bits per heavy atom. The second kappa shape index (κ2) is 5.16. The van der Waals surface area contributed by atoms with Crippen LogP contribution in [-0.4, -0.2) is 20.4 Å². The Morgan fingerprint density at radius 2 is 1.95 bits per heavy atom. The highest BCUT2D eigenvalue weighted by Crippen LogP contribution is 2.37. The molecule has 0 spiro atoms. The SMILES string of the molecule is CC1(C(=O)Nc2ccc(S(N)(=O)=O)cc2)CCCC1N. The summed E-state index contributed by atoms with van der Waals surface area (Å²) < 4.78 is 22.3. The summed E-state index contributed by atoms with van der Waals surface area (Å²) in [6, 6.07) is 5.61. The van der Waals surface area contributed by atoms with Crippen molar-refractivity contribution in [2.75, 3.05) is 5.32 Å². The van der Waals surface area contributed by atoms with Crippen LogP contribution in [0.3, 0.4) is 0 Å². The number of rotatable bonds is 3. The molecule has 0 heterocycles. The number of hydrogen-bond acceptors (Lipinski definition) is 4. The minimum absolute atomic E-state index is 0.0132. The molecule has 110 valence electrons. The van der Waals surface area contributed by atoms with Crippen LogP contribution in [0.1, 0.15) is 26.2 Å². The number of benzene rings is 1. The van der Waals surface area contributed by atoms with Crippen LogP contribution in [0.15, 0.2) is 29.2 Å². The molecule has 1 fully saturated rings. The zero-order chi connectivity index (χ0) is 15.0. The molecule has 5 N–H and O–H groups in total. The summed E-state index contributed by atoms with van der Waals surface area (Å²) >= 11 is 0. The number of sulfonamides is 1. The predicted molar refractivity (Wildman–Crippen MR) is 76.4 cm³/mol. The molecule has 0 saturated heterocycles. The zero-order valence-corrected chi connectivity index (χ0v) is 12.1. The molecule has 1 amide bonds. The van der Waals surface area contributed by atoms with Crippen LogP contribution in [0.5, 0.6) is 0 Å². The monoisotopic (exact) mass is 297 g/mol. The average Bonchev–Trinajstić information content (AvgIpc) is 2.70. The van der Waals surface area contributed by atoms with Crippen molar-refractivity contribution in [1.29, 1.82) is 0 Å². The van der Waals surface area contributed by atoms with Gasteiger partial charge < -0.3 is 11.1 Å². The van der Waals surface area contributed by atoms with Gasteiger partial charge in [0, 0.05) is 11.7 Å². The van der Waals surface area contributed by atoms with E-state index >= 15 is 0 Å². The van der Waals surface area contributed by atoms with Gasteiger partial charge in [0.2, 0.25) is 15.9 Å². The molecule has 1 aliphatic rings. The van der Waals surface area contributed by atoms with Gasteiger partial charge in [-0.3, -0.25) is 4.79 Å². The smallest absolute Gasteiger partial charge is 0.238 e. The topological polar surface area (TPSA) is 115 Å². The van der Waals surface area contributed by atoms with Gasteiger partial charge >= 0.3 is 0 Å². The summed E-state index contributed by atoms with van der Waals surface area (Å²) in [4.78, 5) is 12.3. The quantitative estimate of drug-likeness (QED) is 0.765. The van der Waals surface area contributed by atoms with E-state index in [2.05, 4.69) is 5.32 Å². The molecule has 1 aromatic rings. The largest absolute Gasteiger partial charge is 0.327 e. The summed E-state index contributed by atoms with van der Waals surface area (Å²) in [7, 11) is -3.72. The summed E-state index contributed by atoms with van der Waals surface area (Å²) in [6.07, 6.45) is 2.54. The molecule has 0 bridgehead atoms. The van der Waals surface area contributed by atoms with Crippen LogP contribution in [0.25, 0.3) is 0 Å². The zero-order valence-electron chi connectivity index (χ0n) is 11.3. The molecule has 0 aliphatic heterocycles. The fraction of sp³-hybridized carbons (Fsp3) is 0.462. The molecule has 1 aromatic carbocycles. The van der Waals surface area contributed by atoms with Crippen molar-refractivity contribution in [2.24, 2.45) is 16.3 Å². The van der Waals surface area contributed by atoms with Gasteiger partial charge in [-0.1, -0.05) is 6.42 Å². The van der Waals surface area contributed by atoms with E-state index in [0.29, 0.717) is 5.69 Å². The van der Waals surface area contributed by atoms with E-state index in [-0.39, 0.29) is 16.8 Å². The number of carbonyl (C=O) groups excluding carboxylic acids is 1. The standard InChI is InChI=1S/C13H19N3O3S/c1-13(8-2-3-11(13)14)12(17)16-9-4-6-10(7-5-9)20(15,18)19/h4-7,11H,2-3,8,14H2,1H3,(H,16,17)(H2,15,18,19). The Bertz CT molecular complexity index is 612. The number of nitrogens with one attached hydrogen (secondary N) is 1. The highest BCUT2D eigenvalue weighted by Gasteiger charge is 2.42. The molecule has 7 heteroatoms. The maximum absolute atomic E-state index is 12.3. The van der Waals surface area contributed by atoms with Gasteiger partial charge in [-0.25, -0.2) is 13.6 Å². The number of primary sulfonamides is 1. The molecule has 6 nitrogen and oxygen atoms in total. The van der Waals surface area contributed by atoms with Crippen LogP contribution >= 0.6 is 0 Å². The van der Waals surface area contributed by atoms with Crippen molar-refractivity contribution in [1.82, 2.24) is 0 Å². The van der Waals surface area contributed by atoms with Crippen molar-refractivity contribution in [3.8, 4) is 0 Å². The maximum atomic E-state index is 12.3. The molecule has 1 saturated carbocycles. The summed E-state index contributed by atoms with van der Waals surface area (Å²) in [5, 5.41) is 7.79. The molecular formula is C13H19N3O3S. The maximum Gasteiger partial charge on any atom is 0.238 e. The van der Waals surface area contributed by atoms with E-state index in [0.717, 1.165) is 19.3 Å². The highest BCUT2D eigenvalue weighted by atomic mass is 32.2. The lowest BCUT2D eigenvalue weighted by molar-refractivity contribution is -0.125. The molecular weight excluding hydrogens is 278 g/mol. The minimum atomic E-state index is -3.72. The first-order chi connectivity index (χ1) is 9.23. The van der Waals surface area contributed by atoms with Gasteiger partial charge in [0.25, 0.3) is 0 Å². The number of nitrogens with two attached hydrogens (primary N) is 2. The van der Waals surface area contributed by atoms with Crippen molar-refractivity contribution in [3.05, 3.63) is 24.3 Å². The highest BCUT2D eigenvalue weighted by molar-refractivity contribution is 7.89.